The van der Waals surface area contributed by atoms with E-state index < -0.39 is 0 Å². The summed E-state index contributed by atoms with van der Waals surface area (Å²) in [7, 11) is 0. The highest BCUT2D eigenvalue weighted by Crippen LogP contribution is 2.83. The summed E-state index contributed by atoms with van der Waals surface area (Å²) in [6, 6.07) is 55.9. The van der Waals surface area contributed by atoms with Crippen molar-refractivity contribution < 1.29 is 0 Å². The first-order chi connectivity index (χ1) is 17.9. The summed E-state index contributed by atoms with van der Waals surface area (Å²) in [6.45, 7) is 0. The summed E-state index contributed by atoms with van der Waals surface area (Å²) in [5, 5.41) is 0. The van der Waals surface area contributed by atoms with Crippen molar-refractivity contribution in [3.05, 3.63) is 179 Å². The van der Waals surface area contributed by atoms with Crippen molar-refractivity contribution in [2.24, 2.45) is 0 Å². The van der Waals surface area contributed by atoms with Crippen molar-refractivity contribution in [2.75, 3.05) is 0 Å². The van der Waals surface area contributed by atoms with E-state index in [-0.39, 0.29) is 16.7 Å². The lowest BCUT2D eigenvalue weighted by molar-refractivity contribution is 0.590. The minimum atomic E-state index is -0.0946. The number of hydrogen-bond donors (Lipinski definition) is 0. The Morgan fingerprint density at radius 2 is 0.889 bits per heavy atom. The van der Waals surface area contributed by atoms with Gasteiger partial charge in [0.25, 0.3) is 0 Å². The average molecular weight is 461 g/mol. The van der Waals surface area contributed by atoms with E-state index in [9.17, 15) is 0 Å². The molecule has 0 bridgehead atoms. The molecule has 0 N–H and O–H groups in total. The van der Waals surface area contributed by atoms with Crippen LogP contribution >= 0.6 is 0 Å². The Morgan fingerprint density at radius 1 is 0.444 bits per heavy atom. The molecule has 1 unspecified atom stereocenters. The van der Waals surface area contributed by atoms with Gasteiger partial charge in [0.2, 0.25) is 0 Å². The highest BCUT2D eigenvalue weighted by molar-refractivity contribution is 6.07. The molecule has 172 valence electrons. The predicted octanol–water partition coefficient (Wildman–Crippen LogP) is 8.67. The molecular weight excluding hydrogens is 432 g/mol. The van der Waals surface area contributed by atoms with E-state index in [0.717, 1.165) is 6.42 Å². The molecule has 2 aliphatic carbocycles. The minimum absolute atomic E-state index is 0.0483. The fourth-order valence-electron chi connectivity index (χ4n) is 7.16. The zero-order valence-corrected chi connectivity index (χ0v) is 20.2. The van der Waals surface area contributed by atoms with Crippen molar-refractivity contribution >= 4 is 11.1 Å². The Bertz CT molecular complexity index is 1520. The maximum absolute atomic E-state index is 2.36. The Balaban J connectivity index is 1.64. The first-order valence-electron chi connectivity index (χ1n) is 12.9. The van der Waals surface area contributed by atoms with Crippen LogP contribution in [0.15, 0.2) is 152 Å². The van der Waals surface area contributed by atoms with Crippen molar-refractivity contribution in [1.82, 2.24) is 0 Å². The molecule has 1 saturated carbocycles. The molecule has 0 spiro atoms. The summed E-state index contributed by atoms with van der Waals surface area (Å²) < 4.78 is 0. The topological polar surface area (TPSA) is 0 Å². The Kier molecular flexibility index (Phi) is 4.82. The summed E-state index contributed by atoms with van der Waals surface area (Å²) >= 11 is 0. The van der Waals surface area contributed by atoms with E-state index in [1.54, 1.807) is 0 Å². The summed E-state index contributed by atoms with van der Waals surface area (Å²) in [5.74, 6) is 0.249. The molecule has 5 aromatic carbocycles. The zero-order valence-electron chi connectivity index (χ0n) is 20.2. The van der Waals surface area contributed by atoms with Gasteiger partial charge < -0.3 is 0 Å². The van der Waals surface area contributed by atoms with Gasteiger partial charge in [0.05, 0.1) is 0 Å². The van der Waals surface area contributed by atoms with Crippen LogP contribution in [0.5, 0.6) is 0 Å². The molecule has 0 radical (unpaired) electrons. The molecular formula is C36H28. The van der Waals surface area contributed by atoms with Crippen molar-refractivity contribution in [1.29, 1.82) is 0 Å². The average Bonchev–Trinajstić information content (AvgIpc) is 3.59. The van der Waals surface area contributed by atoms with Crippen LogP contribution in [0.1, 0.15) is 40.2 Å². The van der Waals surface area contributed by atoms with Gasteiger partial charge in [0.1, 0.15) is 0 Å². The van der Waals surface area contributed by atoms with Gasteiger partial charge >= 0.3 is 0 Å². The maximum Gasteiger partial charge on any atom is 0.0327 e. The van der Waals surface area contributed by atoms with E-state index >= 15 is 0 Å². The standard InChI is InChI=1S/C36H28/c1-6-16-27(17-7-1)32-33(28-18-8-2-9-19-28)35(30-22-12-4-13-23-30)26-36(35,31-24-14-5-15-25-31)34(32)29-20-10-3-11-21-29/h1-25,33H,26H2/t33?,35-,36+/m0/s1. The van der Waals surface area contributed by atoms with Gasteiger partial charge in [-0.15, -0.1) is 0 Å². The smallest absolute Gasteiger partial charge is 0.0327 e. The van der Waals surface area contributed by atoms with Gasteiger partial charge in [0.15, 0.2) is 0 Å². The number of fused-ring (bicyclic) bond motifs is 1. The normalized spacial score (nSPS) is 24.4. The molecule has 1 fully saturated rings. The third-order valence-corrected chi connectivity index (χ3v) is 8.49. The monoisotopic (exact) mass is 460 g/mol. The van der Waals surface area contributed by atoms with Gasteiger partial charge in [0, 0.05) is 16.7 Å². The maximum atomic E-state index is 2.36. The summed E-state index contributed by atoms with van der Waals surface area (Å²) in [5.41, 5.74) is 9.70. The molecule has 3 atom stereocenters. The highest BCUT2D eigenvalue weighted by Gasteiger charge is 2.78. The lowest BCUT2D eigenvalue weighted by atomic mass is 9.73. The molecule has 0 amide bonds. The first-order valence-corrected chi connectivity index (χ1v) is 12.9. The molecule has 0 heteroatoms. The van der Waals surface area contributed by atoms with Crippen LogP contribution in [-0.4, -0.2) is 0 Å². The van der Waals surface area contributed by atoms with Crippen LogP contribution in [0.2, 0.25) is 0 Å². The van der Waals surface area contributed by atoms with Gasteiger partial charge in [-0.2, -0.15) is 0 Å². The van der Waals surface area contributed by atoms with Gasteiger partial charge in [-0.25, -0.2) is 0 Å². The van der Waals surface area contributed by atoms with Crippen LogP contribution < -0.4 is 0 Å². The molecule has 5 aromatic rings. The van der Waals surface area contributed by atoms with Crippen LogP contribution in [-0.2, 0) is 10.8 Å². The van der Waals surface area contributed by atoms with Crippen molar-refractivity contribution in [2.45, 2.75) is 23.2 Å². The quantitative estimate of drug-likeness (QED) is 0.246. The SMILES string of the molecule is c1ccc(C2=C(c3ccccc3)[C@]3(c4ccccc4)C[C@]3(c3ccccc3)C2c2ccccc2)cc1. The van der Waals surface area contributed by atoms with E-state index in [1.807, 2.05) is 0 Å². The summed E-state index contributed by atoms with van der Waals surface area (Å²) in [4.78, 5) is 0. The fourth-order valence-corrected chi connectivity index (χ4v) is 7.16. The summed E-state index contributed by atoms with van der Waals surface area (Å²) in [6.07, 6.45) is 1.11. The predicted molar refractivity (Wildman–Crippen MR) is 150 cm³/mol. The molecule has 0 saturated heterocycles. The van der Waals surface area contributed by atoms with E-state index in [4.69, 9.17) is 0 Å². The van der Waals surface area contributed by atoms with Crippen LogP contribution in [0.25, 0.3) is 11.1 Å². The number of benzene rings is 5. The van der Waals surface area contributed by atoms with Gasteiger partial charge in [-0.3, -0.25) is 0 Å². The largest absolute Gasteiger partial charge is 0.0622 e. The number of rotatable bonds is 5. The second-order valence-electron chi connectivity index (χ2n) is 10.1. The zero-order chi connectivity index (χ0) is 24.0. The minimum Gasteiger partial charge on any atom is -0.0622 e. The highest BCUT2D eigenvalue weighted by atomic mass is 14.8. The Labute approximate surface area is 213 Å². The molecule has 2 aliphatic rings. The second-order valence-corrected chi connectivity index (χ2v) is 10.1. The molecule has 36 heavy (non-hydrogen) atoms. The third kappa shape index (κ3) is 2.88. The lowest BCUT2D eigenvalue weighted by Crippen LogP contribution is -2.24. The first kappa shape index (κ1) is 21.1. The molecule has 0 aromatic heterocycles. The van der Waals surface area contributed by atoms with E-state index in [1.165, 1.54) is 39.0 Å². The Morgan fingerprint density at radius 3 is 1.44 bits per heavy atom. The number of hydrogen-bond acceptors (Lipinski definition) is 0. The molecule has 0 heterocycles. The van der Waals surface area contributed by atoms with Crippen molar-refractivity contribution in [3.8, 4) is 0 Å². The van der Waals surface area contributed by atoms with Gasteiger partial charge in [-0.05, 0) is 45.4 Å². The Hall–Kier alpha value is -4.16. The second kappa shape index (κ2) is 8.21. The van der Waals surface area contributed by atoms with Crippen LogP contribution in [0.4, 0.5) is 0 Å². The molecule has 7 rings (SSSR count). The van der Waals surface area contributed by atoms with Crippen molar-refractivity contribution in [3.63, 3.8) is 0 Å². The van der Waals surface area contributed by atoms with E-state index in [2.05, 4.69) is 152 Å². The molecule has 0 nitrogen and oxygen atoms in total. The number of allylic oxidation sites excluding steroid dienone is 2. The van der Waals surface area contributed by atoms with Crippen LogP contribution in [0, 0.1) is 0 Å². The van der Waals surface area contributed by atoms with Crippen LogP contribution in [0.3, 0.4) is 0 Å². The fraction of sp³-hybridized carbons (Fsp3) is 0.111. The molecule has 0 aliphatic heterocycles. The van der Waals surface area contributed by atoms with Gasteiger partial charge in [-0.1, -0.05) is 152 Å². The van der Waals surface area contributed by atoms with E-state index in [0.29, 0.717) is 0 Å². The third-order valence-electron chi connectivity index (χ3n) is 8.49. The lowest BCUT2D eigenvalue weighted by Gasteiger charge is -2.29.